The number of benzene rings is 2. The van der Waals surface area contributed by atoms with Crippen molar-refractivity contribution >= 4 is 17.8 Å². The minimum absolute atomic E-state index is 0.174. The Kier molecular flexibility index (Phi) is 5.12. The SMILES string of the molecule is CO/N=C/c1ccc(-c2ccccc2NC(=O)c2cn(C)nc2C)cc1. The fourth-order valence-corrected chi connectivity index (χ4v) is 2.72. The molecule has 1 aromatic heterocycles. The summed E-state index contributed by atoms with van der Waals surface area (Å²) in [5.74, 6) is -0.174. The Morgan fingerprint density at radius 2 is 1.92 bits per heavy atom. The molecule has 0 saturated heterocycles. The van der Waals surface area contributed by atoms with Crippen LogP contribution in [-0.4, -0.2) is 29.0 Å². The largest absolute Gasteiger partial charge is 0.399 e. The highest BCUT2D eigenvalue weighted by Crippen LogP contribution is 2.28. The highest BCUT2D eigenvalue weighted by molar-refractivity contribution is 6.06. The van der Waals surface area contributed by atoms with Crippen LogP contribution in [0.2, 0.25) is 0 Å². The Hall–Kier alpha value is -3.41. The molecule has 1 heterocycles. The second-order valence-electron chi connectivity index (χ2n) is 5.84. The van der Waals surface area contributed by atoms with Gasteiger partial charge >= 0.3 is 0 Å². The van der Waals surface area contributed by atoms with Gasteiger partial charge < -0.3 is 10.2 Å². The van der Waals surface area contributed by atoms with Crippen molar-refractivity contribution in [3.63, 3.8) is 0 Å². The van der Waals surface area contributed by atoms with Gasteiger partial charge in [0.2, 0.25) is 0 Å². The maximum absolute atomic E-state index is 12.6. The molecule has 0 bridgehead atoms. The standard InChI is InChI=1S/C20H20N4O2/c1-14-18(13-24(2)23-14)20(25)22-19-7-5-4-6-17(19)16-10-8-15(9-11-16)12-21-26-3/h4-13H,1-3H3,(H,22,25)/b21-12+. The molecular weight excluding hydrogens is 328 g/mol. The molecular formula is C20H20N4O2. The number of aromatic nitrogens is 2. The molecule has 0 saturated carbocycles. The lowest BCUT2D eigenvalue weighted by Crippen LogP contribution is -2.13. The van der Waals surface area contributed by atoms with E-state index < -0.39 is 0 Å². The van der Waals surface area contributed by atoms with Crippen molar-refractivity contribution in [2.45, 2.75) is 6.92 Å². The first-order chi connectivity index (χ1) is 12.6. The van der Waals surface area contributed by atoms with E-state index in [4.69, 9.17) is 4.84 Å². The van der Waals surface area contributed by atoms with Crippen molar-refractivity contribution < 1.29 is 9.63 Å². The maximum atomic E-state index is 12.6. The summed E-state index contributed by atoms with van der Waals surface area (Å²) in [6.45, 7) is 1.82. The van der Waals surface area contributed by atoms with E-state index >= 15 is 0 Å². The lowest BCUT2D eigenvalue weighted by Gasteiger charge is -2.11. The molecule has 0 spiro atoms. The van der Waals surface area contributed by atoms with Gasteiger partial charge in [0.05, 0.1) is 17.5 Å². The molecule has 132 valence electrons. The molecule has 0 fully saturated rings. The van der Waals surface area contributed by atoms with E-state index in [2.05, 4.69) is 15.6 Å². The lowest BCUT2D eigenvalue weighted by atomic mass is 10.0. The van der Waals surface area contributed by atoms with E-state index in [1.165, 1.54) is 7.11 Å². The maximum Gasteiger partial charge on any atom is 0.259 e. The van der Waals surface area contributed by atoms with Gasteiger partial charge in [-0.05, 0) is 24.1 Å². The topological polar surface area (TPSA) is 68.5 Å². The minimum Gasteiger partial charge on any atom is -0.399 e. The zero-order chi connectivity index (χ0) is 18.5. The van der Waals surface area contributed by atoms with Gasteiger partial charge in [0.25, 0.3) is 5.91 Å². The minimum atomic E-state index is -0.174. The van der Waals surface area contributed by atoms with Crippen LogP contribution in [0.15, 0.2) is 59.9 Å². The van der Waals surface area contributed by atoms with Crippen LogP contribution < -0.4 is 5.32 Å². The summed E-state index contributed by atoms with van der Waals surface area (Å²) in [4.78, 5) is 17.3. The first-order valence-electron chi connectivity index (χ1n) is 8.16. The lowest BCUT2D eigenvalue weighted by molar-refractivity contribution is 0.102. The number of aryl methyl sites for hydroxylation is 2. The summed E-state index contributed by atoms with van der Waals surface area (Å²) < 4.78 is 1.64. The third kappa shape index (κ3) is 3.80. The molecule has 6 heteroatoms. The summed E-state index contributed by atoms with van der Waals surface area (Å²) in [5, 5.41) is 11.0. The number of rotatable bonds is 5. The number of oxime groups is 1. The van der Waals surface area contributed by atoms with Crippen molar-refractivity contribution in [1.82, 2.24) is 9.78 Å². The smallest absolute Gasteiger partial charge is 0.259 e. The zero-order valence-electron chi connectivity index (χ0n) is 14.9. The van der Waals surface area contributed by atoms with Gasteiger partial charge in [0.1, 0.15) is 7.11 Å². The van der Waals surface area contributed by atoms with Gasteiger partial charge in [-0.25, -0.2) is 0 Å². The molecule has 2 aromatic carbocycles. The molecule has 0 aliphatic carbocycles. The molecule has 0 radical (unpaired) electrons. The number of nitrogens with one attached hydrogen (secondary N) is 1. The van der Waals surface area contributed by atoms with Crippen LogP contribution >= 0.6 is 0 Å². The molecule has 0 atom stereocenters. The quantitative estimate of drug-likeness (QED) is 0.565. The molecule has 26 heavy (non-hydrogen) atoms. The van der Waals surface area contributed by atoms with Crippen LogP contribution in [-0.2, 0) is 11.9 Å². The molecule has 3 aromatic rings. The third-order valence-electron chi connectivity index (χ3n) is 3.96. The molecule has 0 aliphatic rings. The van der Waals surface area contributed by atoms with Crippen molar-refractivity contribution in [2.24, 2.45) is 12.2 Å². The number of amides is 1. The molecule has 3 rings (SSSR count). The van der Waals surface area contributed by atoms with Crippen LogP contribution in [0.25, 0.3) is 11.1 Å². The summed E-state index contributed by atoms with van der Waals surface area (Å²) in [6.07, 6.45) is 3.36. The summed E-state index contributed by atoms with van der Waals surface area (Å²) >= 11 is 0. The Labute approximate surface area is 152 Å². The number of carbonyl (C=O) groups excluding carboxylic acids is 1. The van der Waals surface area contributed by atoms with Crippen molar-refractivity contribution in [3.05, 3.63) is 71.5 Å². The molecule has 1 amide bonds. The van der Waals surface area contributed by atoms with Crippen LogP contribution in [0.4, 0.5) is 5.69 Å². The van der Waals surface area contributed by atoms with E-state index in [-0.39, 0.29) is 5.91 Å². The highest BCUT2D eigenvalue weighted by atomic mass is 16.6. The fraction of sp³-hybridized carbons (Fsp3) is 0.150. The van der Waals surface area contributed by atoms with E-state index in [0.717, 1.165) is 22.4 Å². The van der Waals surface area contributed by atoms with E-state index in [1.54, 1.807) is 24.1 Å². The van der Waals surface area contributed by atoms with Crippen LogP contribution in [0.1, 0.15) is 21.6 Å². The summed E-state index contributed by atoms with van der Waals surface area (Å²) in [6, 6.07) is 15.6. The van der Waals surface area contributed by atoms with E-state index in [0.29, 0.717) is 11.3 Å². The average Bonchev–Trinajstić information content (AvgIpc) is 2.99. The average molecular weight is 348 g/mol. The number of hydrogen-bond acceptors (Lipinski definition) is 4. The number of anilines is 1. The van der Waals surface area contributed by atoms with E-state index in [9.17, 15) is 4.79 Å². The number of hydrogen-bond donors (Lipinski definition) is 1. The molecule has 0 unspecified atom stereocenters. The van der Waals surface area contributed by atoms with Crippen molar-refractivity contribution in [1.29, 1.82) is 0 Å². The van der Waals surface area contributed by atoms with Gasteiger partial charge in [0.15, 0.2) is 0 Å². The Morgan fingerprint density at radius 1 is 1.19 bits per heavy atom. The van der Waals surface area contributed by atoms with Crippen LogP contribution in [0, 0.1) is 6.92 Å². The first kappa shape index (κ1) is 17.4. The third-order valence-corrected chi connectivity index (χ3v) is 3.96. The van der Waals surface area contributed by atoms with Crippen LogP contribution in [0.3, 0.4) is 0 Å². The molecule has 0 aliphatic heterocycles. The predicted octanol–water partition coefficient (Wildman–Crippen LogP) is 3.63. The van der Waals surface area contributed by atoms with E-state index in [1.807, 2.05) is 55.5 Å². The number of nitrogens with zero attached hydrogens (tertiary/aromatic N) is 3. The van der Waals surface area contributed by atoms with Gasteiger partial charge in [-0.1, -0.05) is 47.6 Å². The van der Waals surface area contributed by atoms with Crippen molar-refractivity contribution in [3.8, 4) is 11.1 Å². The summed E-state index contributed by atoms with van der Waals surface area (Å²) in [5.41, 5.74) is 4.89. The second-order valence-corrected chi connectivity index (χ2v) is 5.84. The van der Waals surface area contributed by atoms with Gasteiger partial charge in [-0.2, -0.15) is 5.10 Å². The Balaban J connectivity index is 1.87. The van der Waals surface area contributed by atoms with Crippen molar-refractivity contribution in [2.75, 3.05) is 12.4 Å². The van der Waals surface area contributed by atoms with Gasteiger partial charge in [-0.3, -0.25) is 9.48 Å². The van der Waals surface area contributed by atoms with Crippen LogP contribution in [0.5, 0.6) is 0 Å². The number of carbonyl (C=O) groups is 1. The predicted molar refractivity (Wildman–Crippen MR) is 102 cm³/mol. The normalized spacial score (nSPS) is 10.9. The Bertz CT molecular complexity index is 943. The molecule has 1 N–H and O–H groups in total. The van der Waals surface area contributed by atoms with Gasteiger partial charge in [-0.15, -0.1) is 0 Å². The summed E-state index contributed by atoms with van der Waals surface area (Å²) in [7, 11) is 3.31. The number of para-hydroxylation sites is 1. The Morgan fingerprint density at radius 3 is 2.58 bits per heavy atom. The fourth-order valence-electron chi connectivity index (χ4n) is 2.72. The van der Waals surface area contributed by atoms with Gasteiger partial charge in [0, 0.05) is 24.5 Å². The first-order valence-corrected chi connectivity index (χ1v) is 8.16. The second kappa shape index (κ2) is 7.65. The molecule has 6 nitrogen and oxygen atoms in total. The monoisotopic (exact) mass is 348 g/mol. The zero-order valence-corrected chi connectivity index (χ0v) is 14.9. The highest BCUT2D eigenvalue weighted by Gasteiger charge is 2.14.